The molecule has 0 spiro atoms. The lowest BCUT2D eigenvalue weighted by Gasteiger charge is -2.10. The fraction of sp³-hybridized carbons (Fsp3) is 0.0769. The first kappa shape index (κ1) is 15.4. The molecule has 0 aliphatic heterocycles. The quantitative estimate of drug-likeness (QED) is 0.626. The summed E-state index contributed by atoms with van der Waals surface area (Å²) >= 11 is 23.6. The van der Waals surface area contributed by atoms with Crippen molar-refractivity contribution in [1.29, 1.82) is 0 Å². The summed E-state index contributed by atoms with van der Waals surface area (Å²) in [4.78, 5) is 14.9. The third-order valence-corrected chi connectivity index (χ3v) is 4.00. The summed E-state index contributed by atoms with van der Waals surface area (Å²) in [6.45, 7) is 0. The highest BCUT2D eigenvalue weighted by Crippen LogP contribution is 2.36. The van der Waals surface area contributed by atoms with Crippen LogP contribution in [0.3, 0.4) is 0 Å². The van der Waals surface area contributed by atoms with Crippen molar-refractivity contribution in [3.05, 3.63) is 50.2 Å². The van der Waals surface area contributed by atoms with Gasteiger partial charge < -0.3 is 5.11 Å². The number of hydrogen-bond donors (Lipinski definition) is 1. The van der Waals surface area contributed by atoms with Crippen LogP contribution in [-0.4, -0.2) is 16.1 Å². The molecule has 0 unspecified atom stereocenters. The smallest absolute Gasteiger partial charge is 0.307 e. The predicted molar refractivity (Wildman–Crippen MR) is 81.1 cm³/mol. The Kier molecular flexibility index (Phi) is 4.76. The van der Waals surface area contributed by atoms with Crippen LogP contribution in [0.1, 0.15) is 5.56 Å². The molecular weight excluding hydrogens is 344 g/mol. The largest absolute Gasteiger partial charge is 0.481 e. The van der Waals surface area contributed by atoms with Crippen molar-refractivity contribution in [2.45, 2.75) is 6.42 Å². The van der Waals surface area contributed by atoms with Crippen molar-refractivity contribution in [3.63, 3.8) is 0 Å². The molecule has 1 N–H and O–H groups in total. The Bertz CT molecular complexity index is 665. The van der Waals surface area contributed by atoms with Crippen LogP contribution in [0, 0.1) is 0 Å². The normalized spacial score (nSPS) is 10.6. The predicted octanol–water partition coefficient (Wildman–Crippen LogP) is 4.99. The van der Waals surface area contributed by atoms with Gasteiger partial charge in [-0.2, -0.15) is 0 Å². The Labute approximate surface area is 135 Å². The zero-order valence-corrected chi connectivity index (χ0v) is 12.9. The topological polar surface area (TPSA) is 50.2 Å². The molecule has 0 bridgehead atoms. The number of aromatic nitrogens is 1. The maximum absolute atomic E-state index is 10.9. The van der Waals surface area contributed by atoms with Crippen LogP contribution in [0.4, 0.5) is 0 Å². The van der Waals surface area contributed by atoms with Gasteiger partial charge in [-0.25, -0.2) is 4.98 Å². The maximum Gasteiger partial charge on any atom is 0.307 e. The van der Waals surface area contributed by atoms with Gasteiger partial charge >= 0.3 is 5.97 Å². The number of pyridine rings is 1. The number of carboxylic acids is 1. The van der Waals surface area contributed by atoms with Gasteiger partial charge in [0.15, 0.2) is 0 Å². The van der Waals surface area contributed by atoms with E-state index in [4.69, 9.17) is 51.5 Å². The Morgan fingerprint density at radius 2 is 1.70 bits per heavy atom. The van der Waals surface area contributed by atoms with Crippen LogP contribution >= 0.6 is 46.4 Å². The van der Waals surface area contributed by atoms with E-state index in [2.05, 4.69) is 4.98 Å². The zero-order chi connectivity index (χ0) is 14.9. The van der Waals surface area contributed by atoms with Gasteiger partial charge in [0.1, 0.15) is 5.15 Å². The van der Waals surface area contributed by atoms with Gasteiger partial charge in [-0.05, 0) is 29.3 Å². The molecule has 0 radical (unpaired) electrons. The van der Waals surface area contributed by atoms with Crippen LogP contribution < -0.4 is 0 Å². The molecule has 0 aliphatic carbocycles. The molecule has 1 aromatic carbocycles. The lowest BCUT2D eigenvalue weighted by molar-refractivity contribution is -0.136. The van der Waals surface area contributed by atoms with Gasteiger partial charge in [-0.3, -0.25) is 4.79 Å². The van der Waals surface area contributed by atoms with Crippen molar-refractivity contribution >= 4 is 52.4 Å². The van der Waals surface area contributed by atoms with Gasteiger partial charge in [-0.1, -0.05) is 46.4 Å². The Balaban J connectivity index is 2.60. The van der Waals surface area contributed by atoms with Crippen LogP contribution in [0.15, 0.2) is 24.4 Å². The number of rotatable bonds is 3. The SMILES string of the molecule is O=C(O)Cc1cc(Cl)ncc1-c1cc(Cl)c(Cl)c(Cl)c1. The molecule has 2 rings (SSSR count). The van der Waals surface area contributed by atoms with Crippen molar-refractivity contribution in [2.75, 3.05) is 0 Å². The molecule has 0 amide bonds. The molecule has 2 aromatic rings. The molecule has 3 nitrogen and oxygen atoms in total. The summed E-state index contributed by atoms with van der Waals surface area (Å²) in [6, 6.07) is 4.71. The third-order valence-electron chi connectivity index (χ3n) is 2.59. The van der Waals surface area contributed by atoms with Crippen LogP contribution in [0.5, 0.6) is 0 Å². The molecule has 1 heterocycles. The van der Waals surface area contributed by atoms with E-state index in [0.717, 1.165) is 0 Å². The number of benzene rings is 1. The summed E-state index contributed by atoms with van der Waals surface area (Å²) in [6.07, 6.45) is 1.30. The average Bonchev–Trinajstić information content (AvgIpc) is 2.35. The Hall–Kier alpha value is -1.000. The van der Waals surface area contributed by atoms with E-state index < -0.39 is 5.97 Å². The standard InChI is InChI=1S/C13H7Cl4NO2/c14-9-1-6(2-10(15)13(9)17)8-5-18-11(16)3-7(8)4-12(19)20/h1-3,5H,4H2,(H,19,20). The van der Waals surface area contributed by atoms with Gasteiger partial charge in [-0.15, -0.1) is 0 Å². The van der Waals surface area contributed by atoms with Crippen LogP contribution in [0.2, 0.25) is 20.2 Å². The number of nitrogens with zero attached hydrogens (tertiary/aromatic N) is 1. The number of aliphatic carboxylic acids is 1. The van der Waals surface area contributed by atoms with Gasteiger partial charge in [0, 0.05) is 11.8 Å². The summed E-state index contributed by atoms with van der Waals surface area (Å²) < 4.78 is 0. The number of hydrogen-bond acceptors (Lipinski definition) is 2. The highest BCUT2D eigenvalue weighted by atomic mass is 35.5. The third kappa shape index (κ3) is 3.36. The Morgan fingerprint density at radius 3 is 2.25 bits per heavy atom. The second kappa shape index (κ2) is 6.19. The fourth-order valence-corrected chi connectivity index (χ4v) is 2.52. The molecule has 104 valence electrons. The maximum atomic E-state index is 10.9. The van der Waals surface area contributed by atoms with E-state index in [0.29, 0.717) is 16.7 Å². The molecule has 0 fully saturated rings. The van der Waals surface area contributed by atoms with E-state index >= 15 is 0 Å². The highest BCUT2D eigenvalue weighted by Gasteiger charge is 2.13. The lowest BCUT2D eigenvalue weighted by atomic mass is 10.00. The minimum Gasteiger partial charge on any atom is -0.481 e. The molecule has 0 atom stereocenters. The van der Waals surface area contributed by atoms with Gasteiger partial charge in [0.25, 0.3) is 0 Å². The van der Waals surface area contributed by atoms with E-state index in [-0.39, 0.29) is 26.6 Å². The van der Waals surface area contributed by atoms with Crippen molar-refractivity contribution in [3.8, 4) is 11.1 Å². The highest BCUT2D eigenvalue weighted by molar-refractivity contribution is 6.48. The molecule has 1 aromatic heterocycles. The summed E-state index contributed by atoms with van der Waals surface area (Å²) in [5.41, 5.74) is 1.74. The van der Waals surface area contributed by atoms with E-state index in [1.807, 2.05) is 0 Å². The van der Waals surface area contributed by atoms with Crippen molar-refractivity contribution in [2.24, 2.45) is 0 Å². The summed E-state index contributed by atoms with van der Waals surface area (Å²) in [5.74, 6) is -0.973. The van der Waals surface area contributed by atoms with Crippen LogP contribution in [-0.2, 0) is 11.2 Å². The minimum absolute atomic E-state index is 0.185. The van der Waals surface area contributed by atoms with Crippen LogP contribution in [0.25, 0.3) is 11.1 Å². The first-order valence-electron chi connectivity index (χ1n) is 5.39. The molecule has 7 heteroatoms. The first-order chi connectivity index (χ1) is 9.38. The zero-order valence-electron chi connectivity index (χ0n) is 9.83. The van der Waals surface area contributed by atoms with Gasteiger partial charge in [0.2, 0.25) is 0 Å². The van der Waals surface area contributed by atoms with E-state index in [1.165, 1.54) is 12.3 Å². The molecule has 0 saturated heterocycles. The average molecular weight is 351 g/mol. The number of carbonyl (C=O) groups is 1. The van der Waals surface area contributed by atoms with E-state index in [1.54, 1.807) is 12.1 Å². The van der Waals surface area contributed by atoms with Crippen molar-refractivity contribution in [1.82, 2.24) is 4.98 Å². The molecule has 20 heavy (non-hydrogen) atoms. The minimum atomic E-state index is -0.973. The molecule has 0 saturated carbocycles. The summed E-state index contributed by atoms with van der Waals surface area (Å²) in [7, 11) is 0. The van der Waals surface area contributed by atoms with E-state index in [9.17, 15) is 4.79 Å². The summed E-state index contributed by atoms with van der Waals surface area (Å²) in [5, 5.41) is 9.98. The lowest BCUT2D eigenvalue weighted by Crippen LogP contribution is -2.02. The Morgan fingerprint density at radius 1 is 1.10 bits per heavy atom. The fourth-order valence-electron chi connectivity index (χ4n) is 1.75. The number of halogens is 4. The first-order valence-corrected chi connectivity index (χ1v) is 6.91. The van der Waals surface area contributed by atoms with Gasteiger partial charge in [0.05, 0.1) is 21.5 Å². The second-order valence-electron chi connectivity index (χ2n) is 3.99. The monoisotopic (exact) mass is 349 g/mol. The molecule has 0 aliphatic rings. The molecular formula is C13H7Cl4NO2. The van der Waals surface area contributed by atoms with Crippen molar-refractivity contribution < 1.29 is 9.90 Å². The second-order valence-corrected chi connectivity index (χ2v) is 5.57. The number of carboxylic acid groups (broad SMARTS) is 1.